The fraction of sp³-hybridized carbons (Fsp3) is 0.167. The molecule has 3 nitrogen and oxygen atoms in total. The van der Waals surface area contributed by atoms with E-state index in [1.54, 1.807) is 36.4 Å². The van der Waals surface area contributed by atoms with E-state index in [0.717, 1.165) is 23.8 Å². The summed E-state index contributed by atoms with van der Waals surface area (Å²) in [6.45, 7) is 2.20. The first-order valence-electron chi connectivity index (χ1n) is 9.16. The molecule has 0 aliphatic carbocycles. The number of aldehydes is 1. The van der Waals surface area contributed by atoms with Gasteiger partial charge in [-0.15, -0.1) is 0 Å². The van der Waals surface area contributed by atoms with Crippen molar-refractivity contribution in [3.05, 3.63) is 89.5 Å². The van der Waals surface area contributed by atoms with Crippen molar-refractivity contribution in [1.82, 2.24) is 0 Å². The fourth-order valence-electron chi connectivity index (χ4n) is 2.82. The molecule has 0 radical (unpaired) electrons. The van der Waals surface area contributed by atoms with Crippen molar-refractivity contribution < 1.29 is 14.3 Å². The quantitative estimate of drug-likeness (QED) is 0.308. The number of carbonyl (C=O) groups excluding carboxylic acids is 2. The number of carbonyl (C=O) groups is 2. The number of ether oxygens (including phenoxy) is 1. The number of benzene rings is 3. The highest BCUT2D eigenvalue weighted by molar-refractivity contribution is 5.91. The summed E-state index contributed by atoms with van der Waals surface area (Å²) < 4.78 is 5.34. The van der Waals surface area contributed by atoms with E-state index < -0.39 is 5.97 Å². The van der Waals surface area contributed by atoms with Crippen LogP contribution in [0.25, 0.3) is 11.1 Å². The Kier molecular flexibility index (Phi) is 6.16. The number of hydrogen-bond acceptors (Lipinski definition) is 3. The molecule has 0 atom stereocenters. The summed E-state index contributed by atoms with van der Waals surface area (Å²) in [5, 5.41) is 0. The second-order valence-corrected chi connectivity index (χ2v) is 6.45. The van der Waals surface area contributed by atoms with Gasteiger partial charge >= 0.3 is 5.97 Å². The van der Waals surface area contributed by atoms with E-state index in [1.807, 2.05) is 12.1 Å². The molecule has 0 saturated heterocycles. The van der Waals surface area contributed by atoms with Gasteiger partial charge in [0.05, 0.1) is 5.56 Å². The first kappa shape index (κ1) is 18.6. The summed E-state index contributed by atoms with van der Waals surface area (Å²) in [5.74, 6) is -0.00680. The van der Waals surface area contributed by atoms with Crippen LogP contribution in [-0.2, 0) is 6.42 Å². The largest absolute Gasteiger partial charge is 0.423 e. The first-order chi connectivity index (χ1) is 13.2. The van der Waals surface area contributed by atoms with Crippen LogP contribution < -0.4 is 4.74 Å². The van der Waals surface area contributed by atoms with Crippen molar-refractivity contribution in [1.29, 1.82) is 0 Å². The van der Waals surface area contributed by atoms with Crippen LogP contribution in [0.1, 0.15) is 46.0 Å². The standard InChI is InChI=1S/C24H22O3/c1-2-3-4-18-5-9-20(10-6-18)21-11-13-22(14-12-21)24(26)27-23-15-7-19(17-25)8-16-23/h5-17H,2-4H2,1H3. The zero-order valence-corrected chi connectivity index (χ0v) is 15.4. The molecule has 3 aromatic carbocycles. The molecule has 0 fully saturated rings. The van der Waals surface area contributed by atoms with Crippen molar-refractivity contribution in [2.45, 2.75) is 26.2 Å². The molecule has 0 bridgehead atoms. The van der Waals surface area contributed by atoms with Crippen molar-refractivity contribution >= 4 is 12.3 Å². The molecule has 0 amide bonds. The molecule has 0 heterocycles. The van der Waals surface area contributed by atoms with E-state index in [2.05, 4.69) is 31.2 Å². The minimum atomic E-state index is -0.421. The highest BCUT2D eigenvalue weighted by Gasteiger charge is 2.09. The van der Waals surface area contributed by atoms with Crippen LogP contribution in [0.5, 0.6) is 5.75 Å². The van der Waals surface area contributed by atoms with Crippen LogP contribution in [-0.4, -0.2) is 12.3 Å². The molecule has 0 spiro atoms. The maximum Gasteiger partial charge on any atom is 0.343 e. The third-order valence-corrected chi connectivity index (χ3v) is 4.45. The van der Waals surface area contributed by atoms with E-state index in [0.29, 0.717) is 16.9 Å². The normalized spacial score (nSPS) is 10.4. The predicted molar refractivity (Wildman–Crippen MR) is 107 cm³/mol. The molecule has 3 aromatic rings. The third-order valence-electron chi connectivity index (χ3n) is 4.45. The molecule has 0 saturated carbocycles. The van der Waals surface area contributed by atoms with Gasteiger partial charge in [0.25, 0.3) is 0 Å². The summed E-state index contributed by atoms with van der Waals surface area (Å²) in [6, 6.07) is 22.4. The van der Waals surface area contributed by atoms with E-state index in [1.165, 1.54) is 18.4 Å². The first-order valence-corrected chi connectivity index (χ1v) is 9.16. The highest BCUT2D eigenvalue weighted by atomic mass is 16.5. The summed E-state index contributed by atoms with van der Waals surface area (Å²) in [6.07, 6.45) is 4.25. The van der Waals surface area contributed by atoms with Gasteiger partial charge in [-0.3, -0.25) is 4.79 Å². The molecular formula is C24H22O3. The van der Waals surface area contributed by atoms with Crippen LogP contribution in [0.3, 0.4) is 0 Å². The van der Waals surface area contributed by atoms with Crippen molar-refractivity contribution in [2.24, 2.45) is 0 Å². The van der Waals surface area contributed by atoms with Gasteiger partial charge < -0.3 is 4.74 Å². The van der Waals surface area contributed by atoms with Crippen LogP contribution in [0.2, 0.25) is 0 Å². The Morgan fingerprint density at radius 3 is 2.00 bits per heavy atom. The summed E-state index contributed by atoms with van der Waals surface area (Å²) in [5.41, 5.74) is 4.56. The number of hydrogen-bond donors (Lipinski definition) is 0. The smallest absolute Gasteiger partial charge is 0.343 e. The van der Waals surface area contributed by atoms with Crippen LogP contribution in [0.4, 0.5) is 0 Å². The van der Waals surface area contributed by atoms with Gasteiger partial charge in [-0.1, -0.05) is 49.7 Å². The Morgan fingerprint density at radius 1 is 0.852 bits per heavy atom. The zero-order valence-electron chi connectivity index (χ0n) is 15.4. The van der Waals surface area contributed by atoms with Crippen LogP contribution in [0.15, 0.2) is 72.8 Å². The molecule has 3 rings (SSSR count). The lowest BCUT2D eigenvalue weighted by Crippen LogP contribution is -2.08. The molecule has 3 heteroatoms. The Labute approximate surface area is 159 Å². The maximum atomic E-state index is 12.3. The average molecular weight is 358 g/mol. The average Bonchev–Trinajstić information content (AvgIpc) is 2.73. The summed E-state index contributed by atoms with van der Waals surface area (Å²) in [7, 11) is 0. The maximum absolute atomic E-state index is 12.3. The fourth-order valence-corrected chi connectivity index (χ4v) is 2.82. The molecule has 0 aliphatic heterocycles. The molecule has 0 aromatic heterocycles. The Morgan fingerprint density at radius 2 is 1.44 bits per heavy atom. The number of aryl methyl sites for hydroxylation is 1. The minimum absolute atomic E-state index is 0.414. The molecule has 0 aliphatic rings. The van der Waals surface area contributed by atoms with E-state index in [-0.39, 0.29) is 0 Å². The second kappa shape index (κ2) is 8.95. The van der Waals surface area contributed by atoms with Crippen LogP contribution in [0, 0.1) is 0 Å². The molecular weight excluding hydrogens is 336 g/mol. The van der Waals surface area contributed by atoms with E-state index in [4.69, 9.17) is 4.74 Å². The minimum Gasteiger partial charge on any atom is -0.423 e. The zero-order chi connectivity index (χ0) is 19.1. The van der Waals surface area contributed by atoms with Gasteiger partial charge in [0.2, 0.25) is 0 Å². The lowest BCUT2D eigenvalue weighted by Gasteiger charge is -2.07. The third kappa shape index (κ3) is 4.91. The van der Waals surface area contributed by atoms with Gasteiger partial charge in [0.15, 0.2) is 0 Å². The number of rotatable bonds is 7. The Balaban J connectivity index is 1.66. The summed E-state index contributed by atoms with van der Waals surface area (Å²) in [4.78, 5) is 22.9. The Hall–Kier alpha value is -3.20. The monoisotopic (exact) mass is 358 g/mol. The molecule has 136 valence electrons. The van der Waals surface area contributed by atoms with Crippen LogP contribution >= 0.6 is 0 Å². The second-order valence-electron chi connectivity index (χ2n) is 6.45. The van der Waals surface area contributed by atoms with Gasteiger partial charge in [-0.05, 0) is 65.9 Å². The Bertz CT molecular complexity index is 892. The van der Waals surface area contributed by atoms with Gasteiger partial charge in [-0.2, -0.15) is 0 Å². The van der Waals surface area contributed by atoms with Gasteiger partial charge in [0, 0.05) is 5.56 Å². The lowest BCUT2D eigenvalue weighted by molar-refractivity contribution is 0.0734. The molecule has 0 unspecified atom stereocenters. The van der Waals surface area contributed by atoms with Crippen molar-refractivity contribution in [3.63, 3.8) is 0 Å². The van der Waals surface area contributed by atoms with Gasteiger partial charge in [0.1, 0.15) is 12.0 Å². The van der Waals surface area contributed by atoms with E-state index >= 15 is 0 Å². The van der Waals surface area contributed by atoms with Crippen molar-refractivity contribution in [2.75, 3.05) is 0 Å². The predicted octanol–water partition coefficient (Wildman–Crippen LogP) is 5.73. The molecule has 0 N–H and O–H groups in total. The number of unbranched alkanes of at least 4 members (excludes halogenated alkanes) is 1. The van der Waals surface area contributed by atoms with Gasteiger partial charge in [-0.25, -0.2) is 4.79 Å². The topological polar surface area (TPSA) is 43.4 Å². The van der Waals surface area contributed by atoms with E-state index in [9.17, 15) is 9.59 Å². The SMILES string of the molecule is CCCCc1ccc(-c2ccc(C(=O)Oc3ccc(C=O)cc3)cc2)cc1. The highest BCUT2D eigenvalue weighted by Crippen LogP contribution is 2.22. The summed E-state index contributed by atoms with van der Waals surface area (Å²) >= 11 is 0. The lowest BCUT2D eigenvalue weighted by atomic mass is 10.0. The number of esters is 1. The molecule has 27 heavy (non-hydrogen) atoms. The van der Waals surface area contributed by atoms with Crippen molar-refractivity contribution in [3.8, 4) is 16.9 Å².